The van der Waals surface area contributed by atoms with E-state index in [0.717, 1.165) is 0 Å². The van der Waals surface area contributed by atoms with Gasteiger partial charge in [0.05, 0.1) is 0 Å². The van der Waals surface area contributed by atoms with Crippen LogP contribution in [0.3, 0.4) is 0 Å². The molecule has 0 saturated heterocycles. The van der Waals surface area contributed by atoms with E-state index in [1.807, 2.05) is 0 Å². The van der Waals surface area contributed by atoms with E-state index in [1.54, 1.807) is 44.5 Å². The van der Waals surface area contributed by atoms with Crippen LogP contribution in [0.4, 0.5) is 0 Å². The van der Waals surface area contributed by atoms with E-state index in [4.69, 9.17) is 0 Å². The predicted octanol–water partition coefficient (Wildman–Crippen LogP) is 13.0. The third kappa shape index (κ3) is 10.1. The number of rotatable bonds is 8. The molecule has 6 heteroatoms. The number of hydrogen-bond donors (Lipinski definition) is 0. The normalized spacial score (nSPS) is 17.3. The molecule has 0 N–H and O–H groups in total. The Balaban J connectivity index is 0.000000177. The van der Waals surface area contributed by atoms with Crippen LogP contribution in [-0.4, -0.2) is 11.0 Å². The van der Waals surface area contributed by atoms with Gasteiger partial charge in [0.2, 0.25) is 0 Å². The van der Waals surface area contributed by atoms with Crippen molar-refractivity contribution in [3.05, 3.63) is 261 Å². The summed E-state index contributed by atoms with van der Waals surface area (Å²) in [5.74, 6) is 0. The van der Waals surface area contributed by atoms with Crippen LogP contribution in [0.2, 0.25) is 26.2 Å². The largest absolute Gasteiger partial charge is 1.00 e. The minimum Gasteiger partial charge on any atom is -1.00 e. The van der Waals surface area contributed by atoms with Crippen molar-refractivity contribution < 1.29 is 64.9 Å². The van der Waals surface area contributed by atoms with E-state index in [-0.39, 0.29) is 24.8 Å². The molecule has 4 aliphatic carbocycles. The molecule has 0 spiro atoms. The topological polar surface area (TPSA) is 0 Å². The maximum absolute atomic E-state index is 2.62. The third-order valence-corrected chi connectivity index (χ3v) is 72.5. The molecule has 0 heterocycles. The molecule has 0 aliphatic heterocycles. The summed E-state index contributed by atoms with van der Waals surface area (Å²) in [6.45, 7) is 20.1. The van der Waals surface area contributed by atoms with Crippen LogP contribution < -0.4 is 24.8 Å². The molecule has 12 rings (SSSR count). The van der Waals surface area contributed by atoms with Crippen LogP contribution in [0.1, 0.15) is 86.9 Å². The SMILES string of the molecule is CC1=Cc2c(-c3ccccc3)cccc2[CH]1[Hf]([CH]1C(C)=Cc2c(-c3ccccc3)cccc21)=[Si](C)C.CC1=Cc2c(-c3ccccc3)cccc2[CH]1[Hf]([CH]1C(C)=Cc2c(-c3ccccc3)cccc21)=[Si](C)C.[Cl-].[Cl-]. The van der Waals surface area contributed by atoms with E-state index < -0.39 is 51.1 Å². The van der Waals surface area contributed by atoms with Crippen molar-refractivity contribution in [1.82, 2.24) is 0 Å². The van der Waals surface area contributed by atoms with Gasteiger partial charge in [0.1, 0.15) is 0 Å². The maximum atomic E-state index is 2.62. The van der Waals surface area contributed by atoms with Gasteiger partial charge in [-0.2, -0.15) is 0 Å². The summed E-state index contributed by atoms with van der Waals surface area (Å²) in [5, 5.41) is 0. The van der Waals surface area contributed by atoms with E-state index in [1.165, 1.54) is 66.8 Å². The van der Waals surface area contributed by atoms with Gasteiger partial charge >= 0.3 is 449 Å². The second-order valence-corrected chi connectivity index (χ2v) is 70.7. The van der Waals surface area contributed by atoms with Crippen molar-refractivity contribution in [3.63, 3.8) is 0 Å². The Morgan fingerprint density at radius 3 is 0.662 bits per heavy atom. The fraction of sp³-hybridized carbons (Fsp3) is 0.176. The molecule has 0 aromatic heterocycles. The Labute approximate surface area is 469 Å². The summed E-state index contributed by atoms with van der Waals surface area (Å²) in [7, 11) is 0. The number of fused-ring (bicyclic) bond motifs is 4. The van der Waals surface area contributed by atoms with Gasteiger partial charge in [-0.3, -0.25) is 0 Å². The first-order chi connectivity index (χ1) is 35.1. The Kier molecular flexibility index (Phi) is 17.1. The van der Waals surface area contributed by atoms with Crippen LogP contribution >= 0.6 is 0 Å². The Morgan fingerprint density at radius 1 is 0.270 bits per heavy atom. The second kappa shape index (κ2) is 23.4. The Bertz CT molecular complexity index is 3130. The number of halogens is 2. The molecule has 0 fully saturated rings. The average Bonchev–Trinajstić information content (AvgIpc) is 4.14. The first-order valence-electron chi connectivity index (χ1n) is 25.9. The standard InChI is InChI=1S/4C16H13.2C2H6Si.2ClH.2Hf/c4*1-12-10-14-8-5-9-15(16(14)11-12)13-6-3-2-4-7-13;2*1-3-2;;;;/h4*2-11H,1H3;2*1-2H3;2*1H;;/p-2. The molecule has 0 amide bonds. The molecule has 8 aromatic carbocycles. The molecule has 0 nitrogen and oxygen atoms in total. The maximum Gasteiger partial charge on any atom is -1.00 e. The molecule has 4 unspecified atom stereocenters. The number of allylic oxidation sites excluding steroid dienone is 4. The van der Waals surface area contributed by atoms with Gasteiger partial charge in [-0.05, 0) is 0 Å². The summed E-state index contributed by atoms with van der Waals surface area (Å²) >= 11 is -4.52. The van der Waals surface area contributed by atoms with Crippen LogP contribution in [0.15, 0.2) is 216 Å². The average molecular weight is 1370 g/mol. The van der Waals surface area contributed by atoms with Crippen molar-refractivity contribution in [2.75, 3.05) is 0 Å². The van der Waals surface area contributed by atoms with Crippen LogP contribution in [-0.2, 0) is 40.1 Å². The van der Waals surface area contributed by atoms with Crippen LogP contribution in [0.25, 0.3) is 68.8 Å². The minimum absolute atomic E-state index is 0. The molecule has 8 aromatic rings. The van der Waals surface area contributed by atoms with Gasteiger partial charge in [-0.25, -0.2) is 0 Å². The van der Waals surface area contributed by atoms with Crippen LogP contribution in [0.5, 0.6) is 0 Å². The van der Waals surface area contributed by atoms with Gasteiger partial charge in [-0.1, -0.05) is 0 Å². The summed E-state index contributed by atoms with van der Waals surface area (Å²) in [6, 6.07) is 72.1. The van der Waals surface area contributed by atoms with Gasteiger partial charge in [0.15, 0.2) is 0 Å². The van der Waals surface area contributed by atoms with Crippen molar-refractivity contribution in [2.24, 2.45) is 0 Å². The quantitative estimate of drug-likeness (QED) is 0.133. The van der Waals surface area contributed by atoms with E-state index in [9.17, 15) is 0 Å². The molecule has 0 saturated carbocycles. The monoisotopic (exact) mass is 1370 g/mol. The van der Waals surface area contributed by atoms with Crippen molar-refractivity contribution >= 4 is 35.3 Å². The van der Waals surface area contributed by atoms with E-state index in [0.29, 0.717) is 14.7 Å². The zero-order valence-corrected chi connectivity index (χ0v) is 54.5. The van der Waals surface area contributed by atoms with Gasteiger partial charge in [-0.15, -0.1) is 0 Å². The molecule has 74 heavy (non-hydrogen) atoms. The minimum atomic E-state index is -2.26. The smallest absolute Gasteiger partial charge is 1.00 e. The first kappa shape index (κ1) is 54.3. The van der Waals surface area contributed by atoms with Gasteiger partial charge in [0.25, 0.3) is 0 Å². The first-order valence-corrected chi connectivity index (χ1v) is 50.0. The van der Waals surface area contributed by atoms with E-state index in [2.05, 4.69) is 272 Å². The second-order valence-electron chi connectivity index (χ2n) is 20.9. The Hall–Kier alpha value is -4.53. The molecule has 0 bridgehead atoms. The molecule has 0 radical (unpaired) electrons. The predicted molar refractivity (Wildman–Crippen MR) is 308 cm³/mol. The molecule has 4 aliphatic rings. The molecule has 368 valence electrons. The van der Waals surface area contributed by atoms with Crippen LogP contribution in [0, 0.1) is 0 Å². The number of hydrogen-bond acceptors (Lipinski definition) is 0. The van der Waals surface area contributed by atoms with E-state index >= 15 is 0 Å². The van der Waals surface area contributed by atoms with Gasteiger partial charge in [0, 0.05) is 0 Å². The summed E-state index contributed by atoms with van der Waals surface area (Å²) in [6.07, 6.45) is 10.1. The fourth-order valence-corrected chi connectivity index (χ4v) is 71.6. The zero-order chi connectivity index (χ0) is 49.6. The third-order valence-electron chi connectivity index (χ3n) is 15.9. The molecular weight excluding hydrogens is 1300 g/mol. The number of benzene rings is 8. The molecular formula is C68H64Cl2Hf2Si2-2. The van der Waals surface area contributed by atoms with Gasteiger partial charge < -0.3 is 24.8 Å². The molecule has 4 atom stereocenters. The van der Waals surface area contributed by atoms with Crippen molar-refractivity contribution in [2.45, 2.75) is 68.6 Å². The zero-order valence-electron chi connectivity index (χ0n) is 43.8. The Morgan fingerprint density at radius 2 is 0.473 bits per heavy atom. The van der Waals surface area contributed by atoms with Crippen molar-refractivity contribution in [1.29, 1.82) is 0 Å². The summed E-state index contributed by atoms with van der Waals surface area (Å²) < 4.78 is 2.71. The van der Waals surface area contributed by atoms with Crippen molar-refractivity contribution in [3.8, 4) is 44.5 Å². The summed E-state index contributed by atoms with van der Waals surface area (Å²) in [4.78, 5) is 0. The fourth-order valence-electron chi connectivity index (χ4n) is 12.8. The summed E-state index contributed by atoms with van der Waals surface area (Å²) in [5.41, 5.74) is 28.9.